The topological polar surface area (TPSA) is 64.6 Å². The molecule has 0 aromatic heterocycles. The lowest BCUT2D eigenvalue weighted by Crippen LogP contribution is -2.30. The first-order valence-corrected chi connectivity index (χ1v) is 8.98. The Kier molecular flexibility index (Phi) is 7.29. The van der Waals surface area contributed by atoms with Gasteiger partial charge in [0.05, 0.1) is 17.9 Å². The van der Waals surface area contributed by atoms with Crippen molar-refractivity contribution < 1.29 is 23.5 Å². The molecule has 1 amide bonds. The van der Waals surface area contributed by atoms with E-state index in [1.54, 1.807) is 30.3 Å². The number of ether oxygens (including phenoxy) is 2. The highest BCUT2D eigenvalue weighted by molar-refractivity contribution is 8.00. The Bertz CT molecular complexity index is 803. The molecular weight excluding hydrogens is 381 g/mol. The van der Waals surface area contributed by atoms with E-state index < -0.39 is 23.8 Å². The zero-order valence-corrected chi connectivity index (χ0v) is 15.7. The average molecular weight is 398 g/mol. The van der Waals surface area contributed by atoms with Crippen LogP contribution in [-0.4, -0.2) is 30.8 Å². The summed E-state index contributed by atoms with van der Waals surface area (Å²) in [6.45, 7) is 1.45. The normalized spacial score (nSPS) is 11.5. The summed E-state index contributed by atoms with van der Waals surface area (Å²) in [4.78, 5) is 24.3. The second-order valence-electron chi connectivity index (χ2n) is 5.19. The van der Waals surface area contributed by atoms with Gasteiger partial charge in [0.2, 0.25) is 0 Å². The number of carbonyl (C=O) groups is 2. The van der Waals surface area contributed by atoms with Crippen molar-refractivity contribution in [2.24, 2.45) is 0 Å². The number of benzene rings is 2. The van der Waals surface area contributed by atoms with Crippen LogP contribution in [0.1, 0.15) is 6.92 Å². The molecule has 5 nitrogen and oxygen atoms in total. The van der Waals surface area contributed by atoms with Gasteiger partial charge in [-0.2, -0.15) is 0 Å². The third kappa shape index (κ3) is 5.64. The van der Waals surface area contributed by atoms with E-state index in [0.29, 0.717) is 21.4 Å². The van der Waals surface area contributed by atoms with Gasteiger partial charge in [-0.05, 0) is 37.3 Å². The second kappa shape index (κ2) is 9.45. The number of amides is 1. The summed E-state index contributed by atoms with van der Waals surface area (Å²) in [5.41, 5.74) is 0.449. The Labute approximate surface area is 159 Å². The maximum absolute atomic E-state index is 13.5. The minimum Gasteiger partial charge on any atom is -0.495 e. The first-order chi connectivity index (χ1) is 12.4. The molecule has 2 aromatic rings. The van der Waals surface area contributed by atoms with Crippen LogP contribution in [-0.2, 0) is 14.3 Å². The van der Waals surface area contributed by atoms with Crippen molar-refractivity contribution in [3.63, 3.8) is 0 Å². The molecule has 1 atom stereocenters. The monoisotopic (exact) mass is 397 g/mol. The van der Waals surface area contributed by atoms with Gasteiger partial charge in [-0.15, -0.1) is 11.8 Å². The minimum absolute atomic E-state index is 0.104. The van der Waals surface area contributed by atoms with E-state index in [9.17, 15) is 14.0 Å². The van der Waals surface area contributed by atoms with Gasteiger partial charge in [-0.25, -0.2) is 4.39 Å². The largest absolute Gasteiger partial charge is 0.495 e. The van der Waals surface area contributed by atoms with Crippen molar-refractivity contribution in [1.82, 2.24) is 0 Å². The van der Waals surface area contributed by atoms with Crippen LogP contribution in [0, 0.1) is 5.82 Å². The Balaban J connectivity index is 1.85. The second-order valence-corrected chi connectivity index (χ2v) is 6.61. The summed E-state index contributed by atoms with van der Waals surface area (Å²) < 4.78 is 23.6. The number of esters is 1. The molecule has 0 aliphatic carbocycles. The highest BCUT2D eigenvalue weighted by Crippen LogP contribution is 2.27. The van der Waals surface area contributed by atoms with Crippen LogP contribution in [0.15, 0.2) is 47.4 Å². The van der Waals surface area contributed by atoms with E-state index in [1.165, 1.54) is 26.2 Å². The van der Waals surface area contributed by atoms with Crippen molar-refractivity contribution in [3.8, 4) is 5.75 Å². The third-order valence-corrected chi connectivity index (χ3v) is 4.60. The molecule has 0 heterocycles. The van der Waals surface area contributed by atoms with Gasteiger partial charge in [-0.1, -0.05) is 23.7 Å². The average Bonchev–Trinajstić information content (AvgIpc) is 2.61. The summed E-state index contributed by atoms with van der Waals surface area (Å²) in [5.74, 6) is -1.15. The van der Waals surface area contributed by atoms with Crippen LogP contribution in [0.5, 0.6) is 5.75 Å². The van der Waals surface area contributed by atoms with Crippen LogP contribution < -0.4 is 10.1 Å². The van der Waals surface area contributed by atoms with E-state index >= 15 is 0 Å². The van der Waals surface area contributed by atoms with Crippen LogP contribution >= 0.6 is 23.4 Å². The molecule has 2 aromatic carbocycles. The molecule has 0 radical (unpaired) electrons. The highest BCUT2D eigenvalue weighted by Gasteiger charge is 2.19. The molecule has 2 rings (SSSR count). The predicted molar refractivity (Wildman–Crippen MR) is 99.3 cm³/mol. The first kappa shape index (κ1) is 20.1. The van der Waals surface area contributed by atoms with E-state index in [0.717, 1.165) is 11.8 Å². The zero-order chi connectivity index (χ0) is 19.1. The maximum Gasteiger partial charge on any atom is 0.317 e. The molecule has 8 heteroatoms. The van der Waals surface area contributed by atoms with E-state index in [2.05, 4.69) is 5.32 Å². The van der Waals surface area contributed by atoms with Gasteiger partial charge in [0.15, 0.2) is 6.10 Å². The van der Waals surface area contributed by atoms with Crippen LogP contribution in [0.3, 0.4) is 0 Å². The van der Waals surface area contributed by atoms with E-state index in [4.69, 9.17) is 21.1 Å². The number of hydrogen-bond donors (Lipinski definition) is 1. The SMILES string of the molecule is COc1ccc(NC(=O)[C@@H](C)OC(=O)CSc2ccccc2F)cc1Cl. The first-order valence-electron chi connectivity index (χ1n) is 7.62. The van der Waals surface area contributed by atoms with Crippen LogP contribution in [0.4, 0.5) is 10.1 Å². The van der Waals surface area contributed by atoms with Gasteiger partial charge in [0.25, 0.3) is 5.91 Å². The molecule has 0 saturated heterocycles. The number of methoxy groups -OCH3 is 1. The molecule has 0 aliphatic heterocycles. The van der Waals surface area contributed by atoms with Gasteiger partial charge >= 0.3 is 5.97 Å². The Morgan fingerprint density at radius 1 is 1.27 bits per heavy atom. The fourth-order valence-electron chi connectivity index (χ4n) is 1.97. The molecule has 0 unspecified atom stereocenters. The van der Waals surface area contributed by atoms with Crippen molar-refractivity contribution >= 4 is 40.9 Å². The number of hydrogen-bond acceptors (Lipinski definition) is 5. The Hall–Kier alpha value is -2.25. The van der Waals surface area contributed by atoms with Crippen LogP contribution in [0.25, 0.3) is 0 Å². The van der Waals surface area contributed by atoms with Gasteiger partial charge in [0.1, 0.15) is 11.6 Å². The lowest BCUT2D eigenvalue weighted by atomic mass is 10.3. The number of rotatable bonds is 7. The Morgan fingerprint density at radius 2 is 2.00 bits per heavy atom. The lowest BCUT2D eigenvalue weighted by Gasteiger charge is -2.14. The molecule has 138 valence electrons. The summed E-state index contributed by atoms with van der Waals surface area (Å²) >= 11 is 7.00. The van der Waals surface area contributed by atoms with Gasteiger partial charge in [0, 0.05) is 10.6 Å². The van der Waals surface area contributed by atoms with Crippen molar-refractivity contribution in [1.29, 1.82) is 0 Å². The van der Waals surface area contributed by atoms with E-state index in [-0.39, 0.29) is 5.75 Å². The molecule has 0 fully saturated rings. The quantitative estimate of drug-likeness (QED) is 0.561. The van der Waals surface area contributed by atoms with E-state index in [1.807, 2.05) is 0 Å². The fourth-order valence-corrected chi connectivity index (χ4v) is 2.95. The van der Waals surface area contributed by atoms with Crippen molar-refractivity contribution in [2.75, 3.05) is 18.2 Å². The maximum atomic E-state index is 13.5. The summed E-state index contributed by atoms with van der Waals surface area (Å²) in [5, 5.41) is 2.94. The molecule has 26 heavy (non-hydrogen) atoms. The lowest BCUT2D eigenvalue weighted by molar-refractivity contribution is -0.150. The number of carbonyl (C=O) groups excluding carboxylic acids is 2. The fraction of sp³-hybridized carbons (Fsp3) is 0.222. The zero-order valence-electron chi connectivity index (χ0n) is 14.1. The Morgan fingerprint density at radius 3 is 2.65 bits per heavy atom. The smallest absolute Gasteiger partial charge is 0.317 e. The number of thioether (sulfide) groups is 1. The minimum atomic E-state index is -1.01. The van der Waals surface area contributed by atoms with Crippen molar-refractivity contribution in [3.05, 3.63) is 53.3 Å². The molecule has 1 N–H and O–H groups in total. The third-order valence-electron chi connectivity index (χ3n) is 3.28. The number of halogens is 2. The number of anilines is 1. The molecule has 0 bridgehead atoms. The number of nitrogens with one attached hydrogen (secondary N) is 1. The summed E-state index contributed by atoms with van der Waals surface area (Å²) in [7, 11) is 1.49. The highest BCUT2D eigenvalue weighted by atomic mass is 35.5. The summed E-state index contributed by atoms with van der Waals surface area (Å²) in [6.07, 6.45) is -1.01. The molecule has 0 spiro atoms. The van der Waals surface area contributed by atoms with Crippen LogP contribution in [0.2, 0.25) is 5.02 Å². The predicted octanol–water partition coefficient (Wildman–Crippen LogP) is 4.15. The van der Waals surface area contributed by atoms with Gasteiger partial charge < -0.3 is 14.8 Å². The summed E-state index contributed by atoms with van der Waals surface area (Å²) in [6, 6.07) is 10.9. The standard InChI is InChI=1S/C18H17ClFNO4S/c1-11(18(23)21-12-7-8-15(24-2)13(19)9-12)25-17(22)10-26-16-6-4-3-5-14(16)20/h3-9,11H,10H2,1-2H3,(H,21,23)/t11-/m1/s1. The van der Waals surface area contributed by atoms with Gasteiger partial charge in [-0.3, -0.25) is 9.59 Å². The molecule has 0 aliphatic rings. The molecular formula is C18H17ClFNO4S. The molecule has 0 saturated carbocycles. The van der Waals surface area contributed by atoms with Crippen molar-refractivity contribution in [2.45, 2.75) is 17.9 Å².